The lowest BCUT2D eigenvalue weighted by Crippen LogP contribution is -2.05. The maximum absolute atomic E-state index is 14.2. The molecule has 2 rings (SSSR count). The molecule has 2 aromatic rings. The van der Waals surface area contributed by atoms with Crippen LogP contribution in [0.4, 0.5) is 8.78 Å². The van der Waals surface area contributed by atoms with Crippen molar-refractivity contribution in [1.29, 1.82) is 0 Å². The molecule has 20 heavy (non-hydrogen) atoms. The van der Waals surface area contributed by atoms with Gasteiger partial charge >= 0.3 is 0 Å². The van der Waals surface area contributed by atoms with Crippen LogP contribution in [0.25, 0.3) is 0 Å². The van der Waals surface area contributed by atoms with Gasteiger partial charge in [0.25, 0.3) is 0 Å². The summed E-state index contributed by atoms with van der Waals surface area (Å²) in [5, 5.41) is -0.272. The summed E-state index contributed by atoms with van der Waals surface area (Å²) in [6.45, 7) is 5.24. The molecule has 0 fully saturated rings. The second-order valence-electron chi connectivity index (χ2n) is 4.91. The number of halogens is 4. The molecular formula is C16H14Cl2F2. The largest absolute Gasteiger partial charge is 0.207 e. The van der Waals surface area contributed by atoms with Crippen molar-refractivity contribution in [3.63, 3.8) is 0 Å². The molecule has 0 aliphatic rings. The molecule has 1 unspecified atom stereocenters. The van der Waals surface area contributed by atoms with Crippen molar-refractivity contribution in [2.45, 2.75) is 26.1 Å². The standard InChI is InChI=1S/C16H14Cl2F2/c1-8-4-5-13(19)14(16(8)20)15(18)11-6-10(3)12(17)7-9(11)2/h4-7,15H,1-3H3. The molecule has 4 heteroatoms. The maximum Gasteiger partial charge on any atom is 0.134 e. The summed E-state index contributed by atoms with van der Waals surface area (Å²) in [6.07, 6.45) is 0. The van der Waals surface area contributed by atoms with Crippen LogP contribution in [-0.4, -0.2) is 0 Å². The first-order valence-corrected chi connectivity index (χ1v) is 6.99. The van der Waals surface area contributed by atoms with E-state index < -0.39 is 17.0 Å². The zero-order valence-corrected chi connectivity index (χ0v) is 12.9. The van der Waals surface area contributed by atoms with E-state index in [0.717, 1.165) is 11.1 Å². The van der Waals surface area contributed by atoms with Gasteiger partial charge in [-0.15, -0.1) is 11.6 Å². The number of aryl methyl sites for hydroxylation is 3. The summed E-state index contributed by atoms with van der Waals surface area (Å²) in [5.41, 5.74) is 2.55. The van der Waals surface area contributed by atoms with Gasteiger partial charge in [-0.1, -0.05) is 23.7 Å². The highest BCUT2D eigenvalue weighted by atomic mass is 35.5. The first-order chi connectivity index (χ1) is 9.32. The molecule has 106 valence electrons. The van der Waals surface area contributed by atoms with Gasteiger partial charge < -0.3 is 0 Å². The van der Waals surface area contributed by atoms with Crippen LogP contribution in [0.2, 0.25) is 5.02 Å². The lowest BCUT2D eigenvalue weighted by Gasteiger charge is -2.17. The third kappa shape index (κ3) is 2.68. The lowest BCUT2D eigenvalue weighted by atomic mass is 9.96. The molecule has 0 aromatic heterocycles. The minimum atomic E-state index is -0.883. The predicted molar refractivity (Wildman–Crippen MR) is 79.7 cm³/mol. The molecule has 0 amide bonds. The van der Waals surface area contributed by atoms with E-state index in [9.17, 15) is 8.78 Å². The smallest absolute Gasteiger partial charge is 0.134 e. The molecule has 0 N–H and O–H groups in total. The molecule has 0 radical (unpaired) electrons. The molecule has 0 bridgehead atoms. The summed E-state index contributed by atoms with van der Waals surface area (Å²) in [7, 11) is 0. The SMILES string of the molecule is Cc1cc(C(Cl)c2c(F)ccc(C)c2F)c(C)cc1Cl. The Morgan fingerprint density at radius 1 is 0.950 bits per heavy atom. The number of benzene rings is 2. The first kappa shape index (κ1) is 15.3. The number of hydrogen-bond acceptors (Lipinski definition) is 0. The third-order valence-electron chi connectivity index (χ3n) is 3.39. The molecule has 0 saturated heterocycles. The molecule has 0 saturated carbocycles. The topological polar surface area (TPSA) is 0 Å². The van der Waals surface area contributed by atoms with Gasteiger partial charge in [-0.2, -0.15) is 0 Å². The second kappa shape index (κ2) is 5.71. The van der Waals surface area contributed by atoms with Crippen molar-refractivity contribution in [2.75, 3.05) is 0 Å². The fraction of sp³-hybridized carbons (Fsp3) is 0.250. The van der Waals surface area contributed by atoms with Crippen molar-refractivity contribution < 1.29 is 8.78 Å². The van der Waals surface area contributed by atoms with Gasteiger partial charge in [0, 0.05) is 10.6 Å². The Labute approximate surface area is 127 Å². The Morgan fingerprint density at radius 2 is 1.60 bits per heavy atom. The van der Waals surface area contributed by atoms with Gasteiger partial charge in [0.2, 0.25) is 0 Å². The van der Waals surface area contributed by atoms with Gasteiger partial charge in [-0.05, 0) is 55.2 Å². The van der Waals surface area contributed by atoms with Crippen LogP contribution in [-0.2, 0) is 0 Å². The van der Waals surface area contributed by atoms with E-state index in [1.807, 2.05) is 13.8 Å². The molecule has 2 aromatic carbocycles. The van der Waals surface area contributed by atoms with E-state index in [1.54, 1.807) is 19.1 Å². The van der Waals surface area contributed by atoms with E-state index >= 15 is 0 Å². The molecule has 0 aliphatic carbocycles. The quantitative estimate of drug-likeness (QED) is 0.608. The molecular weight excluding hydrogens is 301 g/mol. The molecule has 0 nitrogen and oxygen atoms in total. The van der Waals surface area contributed by atoms with E-state index in [1.165, 1.54) is 12.1 Å². The lowest BCUT2D eigenvalue weighted by molar-refractivity contribution is 0.553. The monoisotopic (exact) mass is 314 g/mol. The zero-order valence-electron chi connectivity index (χ0n) is 11.4. The maximum atomic E-state index is 14.2. The summed E-state index contributed by atoms with van der Waals surface area (Å²) in [5.74, 6) is -1.24. The van der Waals surface area contributed by atoms with Gasteiger partial charge in [0.1, 0.15) is 11.6 Å². The Kier molecular flexibility index (Phi) is 4.36. The number of rotatable bonds is 2. The number of hydrogen-bond donors (Lipinski definition) is 0. The van der Waals surface area contributed by atoms with Crippen molar-refractivity contribution in [2.24, 2.45) is 0 Å². The van der Waals surface area contributed by atoms with Crippen LogP contribution in [0.15, 0.2) is 24.3 Å². The fourth-order valence-electron chi connectivity index (χ4n) is 2.14. The molecule has 0 spiro atoms. The number of alkyl halides is 1. The molecule has 1 atom stereocenters. The normalized spacial score (nSPS) is 12.6. The zero-order chi connectivity index (χ0) is 15.0. The summed E-state index contributed by atoms with van der Waals surface area (Å²) in [6, 6.07) is 6.17. The van der Waals surface area contributed by atoms with Gasteiger partial charge in [-0.25, -0.2) is 8.78 Å². The van der Waals surface area contributed by atoms with E-state index in [0.29, 0.717) is 16.1 Å². The Balaban J connectivity index is 2.60. The highest BCUT2D eigenvalue weighted by Gasteiger charge is 2.23. The van der Waals surface area contributed by atoms with Crippen LogP contribution in [0.1, 0.15) is 33.2 Å². The third-order valence-corrected chi connectivity index (χ3v) is 4.25. The van der Waals surface area contributed by atoms with Gasteiger partial charge in [-0.3, -0.25) is 0 Å². The minimum absolute atomic E-state index is 0.114. The molecule has 0 aliphatic heterocycles. The predicted octanol–water partition coefficient (Wildman–Crippen LogP) is 5.87. The average Bonchev–Trinajstić information content (AvgIpc) is 2.38. The summed E-state index contributed by atoms with van der Waals surface area (Å²) in [4.78, 5) is 0. The summed E-state index contributed by atoms with van der Waals surface area (Å²) < 4.78 is 28.1. The fourth-order valence-corrected chi connectivity index (χ4v) is 2.80. The van der Waals surface area contributed by atoms with Crippen molar-refractivity contribution >= 4 is 23.2 Å². The van der Waals surface area contributed by atoms with Crippen molar-refractivity contribution in [1.82, 2.24) is 0 Å². The first-order valence-electron chi connectivity index (χ1n) is 6.18. The van der Waals surface area contributed by atoms with Crippen molar-refractivity contribution in [3.8, 4) is 0 Å². The van der Waals surface area contributed by atoms with Crippen LogP contribution in [0.3, 0.4) is 0 Å². The van der Waals surface area contributed by atoms with Crippen LogP contribution in [0.5, 0.6) is 0 Å². The van der Waals surface area contributed by atoms with Crippen LogP contribution < -0.4 is 0 Å². The minimum Gasteiger partial charge on any atom is -0.207 e. The highest BCUT2D eigenvalue weighted by Crippen LogP contribution is 2.36. The summed E-state index contributed by atoms with van der Waals surface area (Å²) >= 11 is 12.4. The van der Waals surface area contributed by atoms with Crippen LogP contribution >= 0.6 is 23.2 Å². The average molecular weight is 315 g/mol. The van der Waals surface area contributed by atoms with Gasteiger partial charge in [0.05, 0.1) is 5.38 Å². The van der Waals surface area contributed by atoms with E-state index in [2.05, 4.69) is 0 Å². The Hall–Kier alpha value is -1.12. The highest BCUT2D eigenvalue weighted by molar-refractivity contribution is 6.31. The van der Waals surface area contributed by atoms with Gasteiger partial charge in [0.15, 0.2) is 0 Å². The van der Waals surface area contributed by atoms with Crippen molar-refractivity contribution in [3.05, 3.63) is 68.7 Å². The second-order valence-corrected chi connectivity index (χ2v) is 5.76. The van der Waals surface area contributed by atoms with E-state index in [-0.39, 0.29) is 5.56 Å². The Bertz CT molecular complexity index is 666. The van der Waals surface area contributed by atoms with Crippen LogP contribution in [0, 0.1) is 32.4 Å². The molecule has 0 heterocycles. The Morgan fingerprint density at radius 3 is 2.25 bits per heavy atom. The van der Waals surface area contributed by atoms with E-state index in [4.69, 9.17) is 23.2 Å².